The van der Waals surface area contributed by atoms with E-state index >= 15 is 0 Å². The summed E-state index contributed by atoms with van der Waals surface area (Å²) in [7, 11) is 1.26. The van der Waals surface area contributed by atoms with Gasteiger partial charge in [0.2, 0.25) is 0 Å². The number of hydrogen-bond acceptors (Lipinski definition) is 2. The summed E-state index contributed by atoms with van der Waals surface area (Å²) in [5, 5.41) is 0. The molecule has 0 N–H and O–H groups in total. The Morgan fingerprint density at radius 1 is 1.36 bits per heavy atom. The lowest BCUT2D eigenvalue weighted by Crippen LogP contribution is -2.36. The van der Waals surface area contributed by atoms with Gasteiger partial charge in [0.15, 0.2) is 0 Å². The normalized spacial score (nSPS) is 16.1. The van der Waals surface area contributed by atoms with Gasteiger partial charge in [-0.25, -0.2) is 0 Å². The molecule has 0 aliphatic rings. The van der Waals surface area contributed by atoms with Crippen LogP contribution >= 0.6 is 46.4 Å². The molecule has 0 rings (SSSR count). The van der Waals surface area contributed by atoms with E-state index in [0.717, 1.165) is 0 Å². The third kappa shape index (κ3) is 4.92. The monoisotopic (exact) mass is 280 g/mol. The zero-order chi connectivity index (χ0) is 11.4. The minimum absolute atomic E-state index is 0.0874. The van der Waals surface area contributed by atoms with E-state index in [2.05, 4.69) is 4.74 Å². The van der Waals surface area contributed by atoms with Gasteiger partial charge in [-0.1, -0.05) is 0 Å². The fourth-order valence-corrected chi connectivity index (χ4v) is 2.68. The second-order valence-corrected chi connectivity index (χ2v) is 6.01. The van der Waals surface area contributed by atoms with Crippen molar-refractivity contribution in [3.63, 3.8) is 0 Å². The van der Waals surface area contributed by atoms with Crippen LogP contribution in [0.4, 0.5) is 0 Å². The summed E-state index contributed by atoms with van der Waals surface area (Å²) in [6.45, 7) is 1.51. The predicted molar refractivity (Wildman–Crippen MR) is 60.7 cm³/mol. The smallest absolute Gasteiger partial charge is 0.326 e. The van der Waals surface area contributed by atoms with Crippen LogP contribution in [0.15, 0.2) is 0 Å². The van der Waals surface area contributed by atoms with Crippen molar-refractivity contribution in [2.75, 3.05) is 13.0 Å². The van der Waals surface area contributed by atoms with Crippen molar-refractivity contribution in [3.05, 3.63) is 0 Å². The molecule has 1 atom stereocenters. The first-order chi connectivity index (χ1) is 6.25. The Bertz CT molecular complexity index is 204. The molecule has 0 saturated heterocycles. The molecule has 0 saturated carbocycles. The summed E-state index contributed by atoms with van der Waals surface area (Å²) in [5.41, 5.74) is 0. The maximum absolute atomic E-state index is 11.2. The van der Waals surface area contributed by atoms with Crippen molar-refractivity contribution in [3.8, 4) is 0 Å². The Hall–Kier alpha value is 0.630. The second-order valence-electron chi connectivity index (χ2n) is 3.16. The molecule has 2 nitrogen and oxygen atoms in total. The quantitative estimate of drug-likeness (QED) is 0.571. The molecule has 0 radical (unpaired) electrons. The van der Waals surface area contributed by atoms with Crippen molar-refractivity contribution in [2.45, 2.75) is 29.0 Å². The molecule has 0 amide bonds. The van der Waals surface area contributed by atoms with Gasteiger partial charge in [-0.05, 0) is 13.3 Å². The molecule has 0 aliphatic heterocycles. The topological polar surface area (TPSA) is 26.3 Å². The summed E-state index contributed by atoms with van der Waals surface area (Å²) in [5.74, 6) is -0.249. The van der Waals surface area contributed by atoms with E-state index in [-0.39, 0.29) is 6.42 Å². The summed E-state index contributed by atoms with van der Waals surface area (Å²) < 4.78 is 3.41. The lowest BCUT2D eigenvalue weighted by atomic mass is 10.0. The van der Waals surface area contributed by atoms with Crippen LogP contribution in [0, 0.1) is 0 Å². The molecule has 6 heteroatoms. The molecule has 0 spiro atoms. The number of methoxy groups -OCH3 is 1. The zero-order valence-corrected chi connectivity index (χ0v) is 11.0. The Balaban J connectivity index is 4.41. The molecule has 0 bridgehead atoms. The van der Waals surface area contributed by atoms with Gasteiger partial charge in [-0.3, -0.25) is 4.79 Å². The SMILES string of the molecule is COC(=O)C(C)(Cl)CC(Cl)(Cl)CCCl. The van der Waals surface area contributed by atoms with Gasteiger partial charge in [0.05, 0.1) is 7.11 Å². The molecule has 0 fully saturated rings. The number of alkyl halides is 4. The Morgan fingerprint density at radius 2 is 1.86 bits per heavy atom. The number of hydrogen-bond donors (Lipinski definition) is 0. The van der Waals surface area contributed by atoms with Gasteiger partial charge < -0.3 is 4.74 Å². The number of ether oxygens (including phenoxy) is 1. The highest BCUT2D eigenvalue weighted by Gasteiger charge is 2.40. The van der Waals surface area contributed by atoms with E-state index in [0.29, 0.717) is 12.3 Å². The largest absolute Gasteiger partial charge is 0.468 e. The fourth-order valence-electron chi connectivity index (χ4n) is 0.997. The standard InChI is InChI=1S/C8H12Cl4O2/c1-7(10,6(13)14-2)5-8(11,12)3-4-9/h3-5H2,1-2H3. The Kier molecular flexibility index (Phi) is 5.90. The number of halogens is 4. The third-order valence-electron chi connectivity index (χ3n) is 1.66. The lowest BCUT2D eigenvalue weighted by molar-refractivity contribution is -0.143. The average molecular weight is 282 g/mol. The van der Waals surface area contributed by atoms with Crippen LogP contribution in [-0.2, 0) is 9.53 Å². The summed E-state index contributed by atoms with van der Waals surface area (Å²) in [6, 6.07) is 0. The predicted octanol–water partition coefficient (Wildman–Crippen LogP) is 3.35. The van der Waals surface area contributed by atoms with Crippen molar-refractivity contribution < 1.29 is 9.53 Å². The minimum Gasteiger partial charge on any atom is -0.468 e. The van der Waals surface area contributed by atoms with E-state index in [1.807, 2.05) is 0 Å². The maximum atomic E-state index is 11.2. The van der Waals surface area contributed by atoms with Crippen LogP contribution in [0.1, 0.15) is 19.8 Å². The van der Waals surface area contributed by atoms with Crippen LogP contribution in [0.5, 0.6) is 0 Å². The Labute approximate surface area is 104 Å². The van der Waals surface area contributed by atoms with E-state index in [1.165, 1.54) is 14.0 Å². The first-order valence-corrected chi connectivity index (χ1v) is 5.63. The molecule has 0 aliphatic carbocycles. The third-order valence-corrected chi connectivity index (χ3v) is 2.78. The lowest BCUT2D eigenvalue weighted by Gasteiger charge is -2.26. The van der Waals surface area contributed by atoms with Gasteiger partial charge in [0, 0.05) is 12.3 Å². The first kappa shape index (κ1) is 14.6. The second kappa shape index (κ2) is 5.64. The van der Waals surface area contributed by atoms with Gasteiger partial charge in [0.1, 0.15) is 9.21 Å². The van der Waals surface area contributed by atoms with E-state index < -0.39 is 15.2 Å². The van der Waals surface area contributed by atoms with Gasteiger partial charge in [-0.15, -0.1) is 46.4 Å². The maximum Gasteiger partial charge on any atom is 0.326 e. The molecule has 0 aromatic carbocycles. The fraction of sp³-hybridized carbons (Fsp3) is 0.875. The van der Waals surface area contributed by atoms with Crippen LogP contribution in [-0.4, -0.2) is 28.2 Å². The molecule has 0 heterocycles. The van der Waals surface area contributed by atoms with Crippen molar-refractivity contribution in [1.29, 1.82) is 0 Å². The summed E-state index contributed by atoms with van der Waals surface area (Å²) in [4.78, 5) is 9.99. The van der Waals surface area contributed by atoms with Crippen LogP contribution in [0.3, 0.4) is 0 Å². The van der Waals surface area contributed by atoms with Crippen molar-refractivity contribution >= 4 is 52.4 Å². The van der Waals surface area contributed by atoms with Gasteiger partial charge in [0.25, 0.3) is 0 Å². The van der Waals surface area contributed by atoms with E-state index in [1.54, 1.807) is 0 Å². The minimum atomic E-state index is -1.22. The van der Waals surface area contributed by atoms with E-state index in [9.17, 15) is 4.79 Å². The Morgan fingerprint density at radius 3 is 2.21 bits per heavy atom. The molecular formula is C8H12Cl4O2. The first-order valence-electron chi connectivity index (χ1n) is 3.96. The van der Waals surface area contributed by atoms with Crippen LogP contribution in [0.2, 0.25) is 0 Å². The highest BCUT2D eigenvalue weighted by Crippen LogP contribution is 2.38. The highest BCUT2D eigenvalue weighted by molar-refractivity contribution is 6.49. The molecule has 0 aromatic heterocycles. The molecule has 14 heavy (non-hydrogen) atoms. The van der Waals surface area contributed by atoms with Crippen LogP contribution in [0.25, 0.3) is 0 Å². The van der Waals surface area contributed by atoms with Gasteiger partial charge in [-0.2, -0.15) is 0 Å². The average Bonchev–Trinajstić information content (AvgIpc) is 2.00. The van der Waals surface area contributed by atoms with E-state index in [4.69, 9.17) is 46.4 Å². The summed E-state index contributed by atoms with van der Waals surface area (Å²) in [6.07, 6.45) is 0.445. The number of carbonyl (C=O) groups excluding carboxylic acids is 1. The number of carbonyl (C=O) groups is 1. The number of rotatable bonds is 5. The van der Waals surface area contributed by atoms with Gasteiger partial charge >= 0.3 is 5.97 Å². The summed E-state index contributed by atoms with van der Waals surface area (Å²) >= 11 is 23.2. The number of esters is 1. The van der Waals surface area contributed by atoms with Crippen LogP contribution < -0.4 is 0 Å². The molecular weight excluding hydrogens is 270 g/mol. The molecule has 84 valence electrons. The van der Waals surface area contributed by atoms with Crippen molar-refractivity contribution in [2.24, 2.45) is 0 Å². The molecule has 1 unspecified atom stereocenters. The zero-order valence-electron chi connectivity index (χ0n) is 7.95. The highest BCUT2D eigenvalue weighted by atomic mass is 35.5. The van der Waals surface area contributed by atoms with Crippen molar-refractivity contribution in [1.82, 2.24) is 0 Å². The molecule has 0 aromatic rings.